The van der Waals surface area contributed by atoms with Crippen LogP contribution in [0.2, 0.25) is 0 Å². The smallest absolute Gasteiger partial charge is 0.253 e. The second-order valence-corrected chi connectivity index (χ2v) is 7.96. The summed E-state index contributed by atoms with van der Waals surface area (Å²) < 4.78 is 7.32. The molecule has 5 heteroatoms. The summed E-state index contributed by atoms with van der Waals surface area (Å²) in [5.41, 5.74) is 4.51. The molecule has 0 bridgehead atoms. The van der Waals surface area contributed by atoms with E-state index in [1.165, 1.54) is 16.7 Å². The minimum Gasteiger partial charge on any atom is -0.376 e. The van der Waals surface area contributed by atoms with E-state index < -0.39 is 0 Å². The number of carbonyl (C=O) groups excluding carboxylic acids is 1. The van der Waals surface area contributed by atoms with Gasteiger partial charge in [0.15, 0.2) is 0 Å². The van der Waals surface area contributed by atoms with E-state index in [1.807, 2.05) is 35.0 Å². The second kappa shape index (κ2) is 5.99. The van der Waals surface area contributed by atoms with E-state index in [9.17, 15) is 4.79 Å². The molecule has 3 heterocycles. The summed E-state index contributed by atoms with van der Waals surface area (Å²) in [6, 6.07) is 6.05. The molecule has 1 unspecified atom stereocenters. The molecule has 0 radical (unpaired) electrons. The number of hydrogen-bond donors (Lipinski definition) is 0. The monoisotopic (exact) mass is 339 g/mol. The number of fused-ring (bicyclic) bond motifs is 1. The fourth-order valence-corrected chi connectivity index (χ4v) is 4.14. The van der Waals surface area contributed by atoms with Crippen molar-refractivity contribution in [3.05, 3.63) is 52.8 Å². The topological polar surface area (TPSA) is 47.4 Å². The molecule has 5 nitrogen and oxygen atoms in total. The second-order valence-electron chi connectivity index (χ2n) is 7.96. The first kappa shape index (κ1) is 16.3. The van der Waals surface area contributed by atoms with Gasteiger partial charge < -0.3 is 9.64 Å². The minimum atomic E-state index is 0.0424. The van der Waals surface area contributed by atoms with Crippen LogP contribution in [0.4, 0.5) is 0 Å². The van der Waals surface area contributed by atoms with Crippen molar-refractivity contribution in [2.24, 2.45) is 12.5 Å². The molecule has 2 aliphatic heterocycles. The summed E-state index contributed by atoms with van der Waals surface area (Å²) in [7, 11) is 1.94. The van der Waals surface area contributed by atoms with Gasteiger partial charge in [0.05, 0.1) is 19.4 Å². The first-order valence-corrected chi connectivity index (χ1v) is 8.91. The Kier molecular flexibility index (Phi) is 3.91. The Balaban J connectivity index is 1.57. The molecule has 0 spiro atoms. The number of ether oxygens (including phenoxy) is 1. The fraction of sp³-hybridized carbons (Fsp3) is 0.500. The first-order valence-electron chi connectivity index (χ1n) is 8.91. The molecular formula is C20H25N3O2. The van der Waals surface area contributed by atoms with Crippen molar-refractivity contribution in [1.82, 2.24) is 14.7 Å². The SMILES string of the molecule is Cn1cc(C2CN(C(=O)c3ccc4c(c3)CCOC4)CC2(C)C)cn1. The highest BCUT2D eigenvalue weighted by atomic mass is 16.5. The van der Waals surface area contributed by atoms with Crippen LogP contribution in [0.15, 0.2) is 30.6 Å². The van der Waals surface area contributed by atoms with Gasteiger partial charge in [-0.25, -0.2) is 0 Å². The van der Waals surface area contributed by atoms with Crippen molar-refractivity contribution >= 4 is 5.91 Å². The Labute approximate surface area is 148 Å². The number of likely N-dealkylation sites (tertiary alicyclic amines) is 1. The molecule has 1 atom stereocenters. The molecule has 25 heavy (non-hydrogen) atoms. The molecule has 0 N–H and O–H groups in total. The number of carbonyl (C=O) groups is 1. The number of amides is 1. The maximum atomic E-state index is 13.1. The van der Waals surface area contributed by atoms with Gasteiger partial charge in [0.2, 0.25) is 0 Å². The van der Waals surface area contributed by atoms with Crippen LogP contribution >= 0.6 is 0 Å². The standard InChI is InChI=1S/C20H25N3O2/c1-20(2)13-23(11-18(20)17-9-21-22(3)10-17)19(24)15-4-5-16-12-25-7-6-14(16)8-15/h4-5,8-10,18H,6-7,11-13H2,1-3H3. The van der Waals surface area contributed by atoms with E-state index in [0.717, 1.165) is 31.7 Å². The highest BCUT2D eigenvalue weighted by Gasteiger charge is 2.42. The maximum Gasteiger partial charge on any atom is 0.253 e. The Bertz CT molecular complexity index is 809. The molecule has 4 rings (SSSR count). The third-order valence-corrected chi connectivity index (χ3v) is 5.59. The highest BCUT2D eigenvalue weighted by Crippen LogP contribution is 2.42. The van der Waals surface area contributed by atoms with E-state index >= 15 is 0 Å². The predicted octanol–water partition coefficient (Wildman–Crippen LogP) is 2.76. The molecule has 0 aliphatic carbocycles. The summed E-state index contributed by atoms with van der Waals surface area (Å²) in [6.45, 7) is 7.39. The number of hydrogen-bond acceptors (Lipinski definition) is 3. The Hall–Kier alpha value is -2.14. The molecule has 2 aromatic rings. The van der Waals surface area contributed by atoms with Crippen LogP contribution in [-0.4, -0.2) is 40.3 Å². The predicted molar refractivity (Wildman–Crippen MR) is 95.4 cm³/mol. The summed E-state index contributed by atoms with van der Waals surface area (Å²) >= 11 is 0. The fourth-order valence-electron chi connectivity index (χ4n) is 4.14. The molecule has 1 fully saturated rings. The Morgan fingerprint density at radius 3 is 2.92 bits per heavy atom. The molecular weight excluding hydrogens is 314 g/mol. The van der Waals surface area contributed by atoms with Gasteiger partial charge in [-0.3, -0.25) is 9.48 Å². The van der Waals surface area contributed by atoms with Crippen LogP contribution in [0.3, 0.4) is 0 Å². The number of rotatable bonds is 2. The molecule has 2 aliphatic rings. The van der Waals surface area contributed by atoms with Crippen LogP contribution in [0, 0.1) is 5.41 Å². The highest BCUT2D eigenvalue weighted by molar-refractivity contribution is 5.94. The molecule has 0 saturated carbocycles. The minimum absolute atomic E-state index is 0.0424. The van der Waals surface area contributed by atoms with Gasteiger partial charge in [0.25, 0.3) is 5.91 Å². The van der Waals surface area contributed by atoms with Gasteiger partial charge in [-0.05, 0) is 40.7 Å². The van der Waals surface area contributed by atoms with Crippen LogP contribution in [0.25, 0.3) is 0 Å². The zero-order valence-corrected chi connectivity index (χ0v) is 15.2. The maximum absolute atomic E-state index is 13.1. The van der Waals surface area contributed by atoms with Gasteiger partial charge in [-0.1, -0.05) is 19.9 Å². The largest absolute Gasteiger partial charge is 0.376 e. The molecule has 1 aromatic heterocycles. The zero-order chi connectivity index (χ0) is 17.6. The lowest BCUT2D eigenvalue weighted by Gasteiger charge is -2.24. The zero-order valence-electron chi connectivity index (χ0n) is 15.2. The first-order chi connectivity index (χ1) is 11.9. The van der Waals surface area contributed by atoms with Crippen LogP contribution in [0.5, 0.6) is 0 Å². The van der Waals surface area contributed by atoms with Crippen LogP contribution in [-0.2, 0) is 24.8 Å². The lowest BCUT2D eigenvalue weighted by Crippen LogP contribution is -2.30. The van der Waals surface area contributed by atoms with E-state index in [2.05, 4.69) is 31.2 Å². The summed E-state index contributed by atoms with van der Waals surface area (Å²) in [5, 5.41) is 4.30. The van der Waals surface area contributed by atoms with Crippen molar-refractivity contribution in [3.8, 4) is 0 Å². The average Bonchev–Trinajstić information content (AvgIpc) is 3.16. The van der Waals surface area contributed by atoms with Gasteiger partial charge in [-0.2, -0.15) is 5.10 Å². The van der Waals surface area contributed by atoms with Gasteiger partial charge in [0, 0.05) is 37.8 Å². The van der Waals surface area contributed by atoms with E-state index in [4.69, 9.17) is 4.74 Å². The number of aromatic nitrogens is 2. The molecule has 1 aromatic carbocycles. The third kappa shape index (κ3) is 2.97. The molecule has 132 valence electrons. The number of nitrogens with zero attached hydrogens (tertiary/aromatic N) is 3. The van der Waals surface area contributed by atoms with Gasteiger partial charge in [-0.15, -0.1) is 0 Å². The number of aryl methyl sites for hydroxylation is 1. The molecule has 1 saturated heterocycles. The Morgan fingerprint density at radius 1 is 1.32 bits per heavy atom. The quantitative estimate of drug-likeness (QED) is 0.845. The van der Waals surface area contributed by atoms with E-state index in [1.54, 1.807) is 0 Å². The normalized spacial score (nSPS) is 22.0. The average molecular weight is 339 g/mol. The van der Waals surface area contributed by atoms with E-state index in [-0.39, 0.29) is 11.3 Å². The summed E-state index contributed by atoms with van der Waals surface area (Å²) in [6.07, 6.45) is 4.89. The van der Waals surface area contributed by atoms with Crippen molar-refractivity contribution in [1.29, 1.82) is 0 Å². The van der Waals surface area contributed by atoms with Crippen molar-refractivity contribution < 1.29 is 9.53 Å². The Morgan fingerprint density at radius 2 is 2.16 bits per heavy atom. The van der Waals surface area contributed by atoms with E-state index in [0.29, 0.717) is 12.5 Å². The van der Waals surface area contributed by atoms with Crippen LogP contribution < -0.4 is 0 Å². The van der Waals surface area contributed by atoms with Crippen molar-refractivity contribution in [2.75, 3.05) is 19.7 Å². The third-order valence-electron chi connectivity index (χ3n) is 5.59. The van der Waals surface area contributed by atoms with Crippen molar-refractivity contribution in [3.63, 3.8) is 0 Å². The number of benzene rings is 1. The molecule has 1 amide bonds. The van der Waals surface area contributed by atoms with Crippen LogP contribution in [0.1, 0.15) is 46.8 Å². The van der Waals surface area contributed by atoms with Gasteiger partial charge >= 0.3 is 0 Å². The lowest BCUT2D eigenvalue weighted by molar-refractivity contribution is 0.0776. The van der Waals surface area contributed by atoms with Gasteiger partial charge in [0.1, 0.15) is 0 Å². The van der Waals surface area contributed by atoms with Crippen molar-refractivity contribution in [2.45, 2.75) is 32.8 Å². The lowest BCUT2D eigenvalue weighted by atomic mass is 9.79. The summed E-state index contributed by atoms with van der Waals surface area (Å²) in [5.74, 6) is 0.449. The summed E-state index contributed by atoms with van der Waals surface area (Å²) in [4.78, 5) is 15.1.